The second kappa shape index (κ2) is 6.39. The zero-order valence-electron chi connectivity index (χ0n) is 12.0. The lowest BCUT2D eigenvalue weighted by Gasteiger charge is -2.44. The van der Waals surface area contributed by atoms with Gasteiger partial charge in [-0.25, -0.2) is 8.78 Å². The Morgan fingerprint density at radius 1 is 1.16 bits per heavy atom. The van der Waals surface area contributed by atoms with Crippen molar-refractivity contribution in [2.24, 2.45) is 11.8 Å². The van der Waals surface area contributed by atoms with E-state index in [1.807, 2.05) is 27.7 Å². The fraction of sp³-hybridized carbons (Fsp3) is 1.00. The fourth-order valence-electron chi connectivity index (χ4n) is 2.48. The molecule has 0 aliphatic carbocycles. The van der Waals surface area contributed by atoms with Crippen LogP contribution in [0.25, 0.3) is 0 Å². The van der Waals surface area contributed by atoms with E-state index in [1.165, 1.54) is 4.90 Å². The standard InChI is InChI=1S/C13H24F4N2/c1-8(2)10-6-19(7-13(16,17)12(14)15)11(5-18-10)9(3)4/h8-12,18H,5-7H2,1-4H3. The van der Waals surface area contributed by atoms with E-state index in [0.29, 0.717) is 13.1 Å². The molecule has 1 rings (SSSR count). The van der Waals surface area contributed by atoms with Crippen LogP contribution in [0.5, 0.6) is 0 Å². The van der Waals surface area contributed by atoms with Crippen molar-refractivity contribution in [1.29, 1.82) is 0 Å². The summed E-state index contributed by atoms with van der Waals surface area (Å²) in [7, 11) is 0. The van der Waals surface area contributed by atoms with Gasteiger partial charge in [-0.15, -0.1) is 0 Å². The van der Waals surface area contributed by atoms with Gasteiger partial charge in [-0.3, -0.25) is 4.90 Å². The number of nitrogens with zero attached hydrogens (tertiary/aromatic N) is 1. The second-order valence-electron chi connectivity index (χ2n) is 6.06. The summed E-state index contributed by atoms with van der Waals surface area (Å²) in [5.41, 5.74) is 0. The molecular weight excluding hydrogens is 260 g/mol. The summed E-state index contributed by atoms with van der Waals surface area (Å²) in [6.45, 7) is 7.94. The third kappa shape index (κ3) is 4.31. The molecule has 2 unspecified atom stereocenters. The molecule has 1 saturated heterocycles. The highest BCUT2D eigenvalue weighted by molar-refractivity contribution is 4.91. The summed E-state index contributed by atoms with van der Waals surface area (Å²) in [6, 6.07) is -0.0527. The average Bonchev–Trinajstić information content (AvgIpc) is 2.27. The highest BCUT2D eigenvalue weighted by Gasteiger charge is 2.45. The Labute approximate surface area is 112 Å². The molecule has 6 heteroatoms. The Balaban J connectivity index is 2.77. The van der Waals surface area contributed by atoms with Gasteiger partial charge in [0, 0.05) is 25.2 Å². The Morgan fingerprint density at radius 2 is 1.74 bits per heavy atom. The summed E-state index contributed by atoms with van der Waals surface area (Å²) in [6.07, 6.45) is -3.60. The number of hydrogen-bond acceptors (Lipinski definition) is 2. The molecule has 19 heavy (non-hydrogen) atoms. The maximum absolute atomic E-state index is 13.3. The first-order valence-corrected chi connectivity index (χ1v) is 6.78. The van der Waals surface area contributed by atoms with Crippen LogP contribution in [0, 0.1) is 11.8 Å². The van der Waals surface area contributed by atoms with Crippen molar-refractivity contribution >= 4 is 0 Å². The van der Waals surface area contributed by atoms with Crippen LogP contribution in [-0.4, -0.2) is 49.0 Å². The maximum atomic E-state index is 13.3. The van der Waals surface area contributed by atoms with Gasteiger partial charge in [-0.1, -0.05) is 27.7 Å². The van der Waals surface area contributed by atoms with E-state index in [1.54, 1.807) is 0 Å². The molecule has 2 nitrogen and oxygen atoms in total. The Morgan fingerprint density at radius 3 is 2.16 bits per heavy atom. The molecular formula is C13H24F4N2. The third-order valence-corrected chi connectivity index (χ3v) is 3.80. The summed E-state index contributed by atoms with van der Waals surface area (Å²) in [4.78, 5) is 1.53. The van der Waals surface area contributed by atoms with Crippen molar-refractivity contribution in [2.45, 2.75) is 52.1 Å². The van der Waals surface area contributed by atoms with Crippen molar-refractivity contribution in [3.63, 3.8) is 0 Å². The Bertz CT molecular complexity index is 282. The minimum Gasteiger partial charge on any atom is -0.311 e. The average molecular weight is 284 g/mol. The van der Waals surface area contributed by atoms with Crippen LogP contribution in [0.4, 0.5) is 17.6 Å². The van der Waals surface area contributed by atoms with Crippen LogP contribution in [0.15, 0.2) is 0 Å². The van der Waals surface area contributed by atoms with Crippen LogP contribution in [-0.2, 0) is 0 Å². The first-order chi connectivity index (χ1) is 8.65. The van der Waals surface area contributed by atoms with Crippen LogP contribution in [0.3, 0.4) is 0 Å². The van der Waals surface area contributed by atoms with Crippen molar-refractivity contribution in [3.8, 4) is 0 Å². The van der Waals surface area contributed by atoms with Gasteiger partial charge in [0.25, 0.3) is 0 Å². The zero-order valence-corrected chi connectivity index (χ0v) is 12.0. The van der Waals surface area contributed by atoms with Crippen LogP contribution >= 0.6 is 0 Å². The van der Waals surface area contributed by atoms with Crippen LogP contribution in [0.1, 0.15) is 27.7 Å². The molecule has 1 aliphatic rings. The first kappa shape index (κ1) is 16.7. The van der Waals surface area contributed by atoms with Crippen molar-refractivity contribution in [3.05, 3.63) is 0 Å². The molecule has 1 heterocycles. The minimum atomic E-state index is -3.94. The summed E-state index contributed by atoms with van der Waals surface area (Å²) >= 11 is 0. The van der Waals surface area contributed by atoms with Gasteiger partial charge in [-0.05, 0) is 11.8 Å². The summed E-state index contributed by atoms with van der Waals surface area (Å²) < 4.78 is 51.3. The normalized spacial score (nSPS) is 26.7. The smallest absolute Gasteiger partial charge is 0.311 e. The Hall–Kier alpha value is -0.360. The van der Waals surface area contributed by atoms with E-state index in [2.05, 4.69) is 5.32 Å². The number of halogens is 4. The molecule has 0 saturated carbocycles. The van der Waals surface area contributed by atoms with Gasteiger partial charge >= 0.3 is 12.3 Å². The van der Waals surface area contributed by atoms with Gasteiger partial charge in [0.1, 0.15) is 0 Å². The van der Waals surface area contributed by atoms with E-state index in [9.17, 15) is 17.6 Å². The lowest BCUT2D eigenvalue weighted by Crippen LogP contribution is -2.62. The van der Waals surface area contributed by atoms with Gasteiger partial charge in [0.05, 0.1) is 6.54 Å². The van der Waals surface area contributed by atoms with Crippen molar-refractivity contribution in [1.82, 2.24) is 10.2 Å². The van der Waals surface area contributed by atoms with Gasteiger partial charge in [-0.2, -0.15) is 8.78 Å². The molecule has 1 N–H and O–H groups in total. The quantitative estimate of drug-likeness (QED) is 0.781. The van der Waals surface area contributed by atoms with Gasteiger partial charge in [0.15, 0.2) is 0 Å². The zero-order chi connectivity index (χ0) is 14.8. The lowest BCUT2D eigenvalue weighted by atomic mass is 9.94. The molecule has 0 amide bonds. The maximum Gasteiger partial charge on any atom is 0.319 e. The molecule has 2 atom stereocenters. The lowest BCUT2D eigenvalue weighted by molar-refractivity contribution is -0.151. The first-order valence-electron chi connectivity index (χ1n) is 6.78. The topological polar surface area (TPSA) is 15.3 Å². The molecule has 0 aromatic rings. The molecule has 0 bridgehead atoms. The summed E-state index contributed by atoms with van der Waals surface area (Å²) in [5, 5.41) is 3.32. The predicted molar refractivity (Wildman–Crippen MR) is 67.8 cm³/mol. The number of nitrogens with one attached hydrogen (secondary N) is 1. The van der Waals surface area contributed by atoms with Crippen LogP contribution < -0.4 is 5.32 Å². The van der Waals surface area contributed by atoms with E-state index in [4.69, 9.17) is 0 Å². The number of hydrogen-bond donors (Lipinski definition) is 1. The van der Waals surface area contributed by atoms with E-state index in [-0.39, 0.29) is 23.9 Å². The molecule has 1 aliphatic heterocycles. The SMILES string of the molecule is CC(C)C1CN(CC(F)(F)C(F)F)C(C(C)C)CN1. The predicted octanol–water partition coefficient (Wildman–Crippen LogP) is 2.84. The van der Waals surface area contributed by atoms with E-state index >= 15 is 0 Å². The molecule has 0 aromatic carbocycles. The van der Waals surface area contributed by atoms with Gasteiger partial charge < -0.3 is 5.32 Å². The second-order valence-corrected chi connectivity index (χ2v) is 6.06. The van der Waals surface area contributed by atoms with Crippen LogP contribution in [0.2, 0.25) is 0 Å². The minimum absolute atomic E-state index is 0.0727. The largest absolute Gasteiger partial charge is 0.319 e. The molecule has 114 valence electrons. The molecule has 1 fully saturated rings. The fourth-order valence-corrected chi connectivity index (χ4v) is 2.48. The number of rotatable bonds is 5. The van der Waals surface area contributed by atoms with E-state index < -0.39 is 18.9 Å². The summed E-state index contributed by atoms with van der Waals surface area (Å²) in [5.74, 6) is -3.50. The number of alkyl halides is 4. The molecule has 0 aromatic heterocycles. The molecule has 0 spiro atoms. The van der Waals surface area contributed by atoms with Gasteiger partial charge in [0.2, 0.25) is 0 Å². The highest BCUT2D eigenvalue weighted by atomic mass is 19.3. The van der Waals surface area contributed by atoms with E-state index in [0.717, 1.165) is 0 Å². The number of piperazine rings is 1. The monoisotopic (exact) mass is 284 g/mol. The third-order valence-electron chi connectivity index (χ3n) is 3.80. The van der Waals surface area contributed by atoms with Crippen molar-refractivity contribution < 1.29 is 17.6 Å². The van der Waals surface area contributed by atoms with Crippen molar-refractivity contribution in [2.75, 3.05) is 19.6 Å². The molecule has 0 radical (unpaired) electrons. The Kier molecular flexibility index (Phi) is 5.62. The highest BCUT2D eigenvalue weighted by Crippen LogP contribution is 2.27.